The Labute approximate surface area is 188 Å². The number of rotatable bonds is 8. The normalized spacial score (nSPS) is 10.8. The molecule has 0 aliphatic rings. The van der Waals surface area contributed by atoms with E-state index in [-0.39, 0.29) is 12.4 Å². The van der Waals surface area contributed by atoms with Gasteiger partial charge in [-0.25, -0.2) is 10.1 Å². The van der Waals surface area contributed by atoms with Crippen LogP contribution in [0.3, 0.4) is 0 Å². The maximum absolute atomic E-state index is 5.82. The van der Waals surface area contributed by atoms with Gasteiger partial charge in [0, 0.05) is 29.8 Å². The van der Waals surface area contributed by atoms with Gasteiger partial charge in [0.15, 0.2) is 5.82 Å². The van der Waals surface area contributed by atoms with E-state index in [1.807, 2.05) is 18.2 Å². The summed E-state index contributed by atoms with van der Waals surface area (Å²) in [6.07, 6.45) is 3.93. The molecule has 0 spiro atoms. The Morgan fingerprint density at radius 1 is 1.03 bits per heavy atom. The molecule has 4 rings (SSSR count). The maximum Gasteiger partial charge on any atom is 0.180 e. The minimum absolute atomic E-state index is 0. The minimum Gasteiger partial charge on any atom is -0.330 e. The summed E-state index contributed by atoms with van der Waals surface area (Å²) in [6.45, 7) is 4.91. The Kier molecular flexibility index (Phi) is 7.55. The second-order valence-electron chi connectivity index (χ2n) is 7.38. The number of unbranched alkanes of at least 4 members (excludes halogenated alkanes) is 1. The van der Waals surface area contributed by atoms with Crippen LogP contribution in [0.4, 0.5) is 0 Å². The smallest absolute Gasteiger partial charge is 0.180 e. The van der Waals surface area contributed by atoms with Gasteiger partial charge in [-0.05, 0) is 53.6 Å². The number of imidazole rings is 1. The monoisotopic (exact) mass is 437 g/mol. The summed E-state index contributed by atoms with van der Waals surface area (Å²) in [4.78, 5) is 4.92. The van der Waals surface area contributed by atoms with Crippen LogP contribution in [0.1, 0.15) is 37.0 Å². The molecule has 0 unspecified atom stereocenters. The molecule has 0 amide bonds. The maximum atomic E-state index is 5.82. The number of hydrogen-bond acceptors (Lipinski definition) is 5. The Hall–Kier alpha value is -3.03. The molecular formula is C23H28ClN7. The fourth-order valence-electron chi connectivity index (χ4n) is 3.84. The lowest BCUT2D eigenvalue weighted by Gasteiger charge is -2.14. The van der Waals surface area contributed by atoms with Gasteiger partial charge in [-0.15, -0.1) is 17.5 Å². The third-order valence-corrected chi connectivity index (χ3v) is 5.36. The summed E-state index contributed by atoms with van der Waals surface area (Å²) in [6, 6.07) is 16.7. The number of benzene rings is 2. The van der Waals surface area contributed by atoms with Gasteiger partial charge in [0.25, 0.3) is 0 Å². The molecule has 2 aromatic carbocycles. The number of nitrogens with zero attached hydrogens (tertiary/aromatic N) is 5. The Bertz CT molecular complexity index is 1100. The lowest BCUT2D eigenvalue weighted by Crippen LogP contribution is -2.06. The van der Waals surface area contributed by atoms with E-state index >= 15 is 0 Å². The summed E-state index contributed by atoms with van der Waals surface area (Å²) in [5, 5.41) is 14.7. The molecule has 2 heterocycles. The van der Waals surface area contributed by atoms with Crippen molar-refractivity contribution < 1.29 is 0 Å². The Morgan fingerprint density at radius 2 is 1.84 bits per heavy atom. The van der Waals surface area contributed by atoms with Crippen molar-refractivity contribution in [2.75, 3.05) is 6.54 Å². The van der Waals surface area contributed by atoms with Crippen LogP contribution in [0.5, 0.6) is 0 Å². The van der Waals surface area contributed by atoms with Crippen molar-refractivity contribution in [3.05, 3.63) is 65.7 Å². The van der Waals surface area contributed by atoms with Crippen molar-refractivity contribution in [3.8, 4) is 28.2 Å². The van der Waals surface area contributed by atoms with Gasteiger partial charge in [0.05, 0.1) is 5.69 Å². The molecule has 7 nitrogen and oxygen atoms in total. The number of aromatic amines is 1. The Balaban J connectivity index is 0.00000272. The van der Waals surface area contributed by atoms with Gasteiger partial charge in [-0.1, -0.05) is 49.7 Å². The average Bonchev–Trinajstić information content (AvgIpc) is 3.42. The number of halogens is 1. The summed E-state index contributed by atoms with van der Waals surface area (Å²) in [5.41, 5.74) is 12.2. The van der Waals surface area contributed by atoms with Gasteiger partial charge in [-0.3, -0.25) is 0 Å². The predicted octanol–water partition coefficient (Wildman–Crippen LogP) is 4.29. The molecule has 162 valence electrons. The van der Waals surface area contributed by atoms with Crippen LogP contribution in [-0.4, -0.2) is 36.7 Å². The van der Waals surface area contributed by atoms with Gasteiger partial charge >= 0.3 is 0 Å². The lowest BCUT2D eigenvalue weighted by molar-refractivity contribution is 0.734. The first kappa shape index (κ1) is 22.7. The van der Waals surface area contributed by atoms with Crippen molar-refractivity contribution in [2.45, 2.75) is 39.5 Å². The fraction of sp³-hybridized carbons (Fsp3) is 0.304. The molecule has 8 heteroatoms. The number of aromatic nitrogens is 6. The quantitative estimate of drug-likeness (QED) is 0.428. The van der Waals surface area contributed by atoms with Gasteiger partial charge in [-0.2, -0.15) is 0 Å². The number of H-pyrrole nitrogens is 1. The molecule has 3 N–H and O–H groups in total. The second-order valence-corrected chi connectivity index (χ2v) is 7.38. The van der Waals surface area contributed by atoms with E-state index in [9.17, 15) is 0 Å². The molecule has 2 aromatic heterocycles. The molecule has 0 fully saturated rings. The van der Waals surface area contributed by atoms with E-state index in [2.05, 4.69) is 69.4 Å². The summed E-state index contributed by atoms with van der Waals surface area (Å²) in [7, 11) is 0. The van der Waals surface area contributed by atoms with Crippen LogP contribution in [0.25, 0.3) is 28.2 Å². The predicted molar refractivity (Wildman–Crippen MR) is 126 cm³/mol. The highest BCUT2D eigenvalue weighted by atomic mass is 35.5. The number of tetrazole rings is 1. The zero-order valence-electron chi connectivity index (χ0n) is 17.9. The number of hydrogen-bond donors (Lipinski definition) is 2. The van der Waals surface area contributed by atoms with Crippen LogP contribution in [-0.2, 0) is 12.8 Å². The second kappa shape index (κ2) is 10.3. The van der Waals surface area contributed by atoms with Crippen molar-refractivity contribution in [1.29, 1.82) is 0 Å². The third-order valence-electron chi connectivity index (χ3n) is 5.36. The van der Waals surface area contributed by atoms with E-state index in [1.54, 1.807) is 0 Å². The zero-order valence-corrected chi connectivity index (χ0v) is 18.7. The third kappa shape index (κ3) is 4.68. The van der Waals surface area contributed by atoms with Crippen LogP contribution in [0.15, 0.2) is 48.5 Å². The highest BCUT2D eigenvalue weighted by Crippen LogP contribution is 2.33. The van der Waals surface area contributed by atoms with Crippen molar-refractivity contribution >= 4 is 12.4 Å². The highest BCUT2D eigenvalue weighted by Gasteiger charge is 2.18. The van der Waals surface area contributed by atoms with Crippen molar-refractivity contribution in [3.63, 3.8) is 0 Å². The van der Waals surface area contributed by atoms with Crippen molar-refractivity contribution in [2.24, 2.45) is 5.73 Å². The number of aryl methyl sites for hydroxylation is 1. The SMILES string of the molecule is CCCCc1nc(CCN)c(C)n1-c1ccc(-c2ccccc2)c(-c2nnn[nH]2)c1.Cl. The van der Waals surface area contributed by atoms with Crippen molar-refractivity contribution in [1.82, 2.24) is 30.2 Å². The van der Waals surface area contributed by atoms with E-state index < -0.39 is 0 Å². The van der Waals surface area contributed by atoms with Crippen LogP contribution >= 0.6 is 12.4 Å². The summed E-state index contributed by atoms with van der Waals surface area (Å²) in [5.74, 6) is 1.72. The van der Waals surface area contributed by atoms with Crippen LogP contribution < -0.4 is 5.73 Å². The van der Waals surface area contributed by atoms with E-state index in [0.29, 0.717) is 12.4 Å². The van der Waals surface area contributed by atoms with Crippen LogP contribution in [0, 0.1) is 6.92 Å². The standard InChI is InChI=1S/C23H27N7.ClH/c1-3-4-10-22-25-21(13-14-24)16(2)30(22)18-11-12-19(17-8-6-5-7-9-17)20(15-18)23-26-28-29-27-23;/h5-9,11-12,15H,3-4,10,13-14,24H2,1-2H3,(H,26,27,28,29);1H. The topological polar surface area (TPSA) is 98.3 Å². The molecule has 0 aliphatic carbocycles. The molecule has 0 saturated carbocycles. The van der Waals surface area contributed by atoms with Gasteiger partial charge < -0.3 is 10.3 Å². The first-order chi connectivity index (χ1) is 14.7. The molecule has 4 aromatic rings. The first-order valence-corrected chi connectivity index (χ1v) is 10.4. The zero-order chi connectivity index (χ0) is 20.9. The molecule has 31 heavy (non-hydrogen) atoms. The molecule has 0 radical (unpaired) electrons. The van der Waals surface area contributed by atoms with E-state index in [0.717, 1.165) is 65.3 Å². The number of nitrogens with one attached hydrogen (secondary N) is 1. The van der Waals surface area contributed by atoms with Crippen LogP contribution in [0.2, 0.25) is 0 Å². The fourth-order valence-corrected chi connectivity index (χ4v) is 3.84. The first-order valence-electron chi connectivity index (χ1n) is 10.4. The number of nitrogens with two attached hydrogens (primary N) is 1. The van der Waals surface area contributed by atoms with E-state index in [1.165, 1.54) is 0 Å². The van der Waals surface area contributed by atoms with Gasteiger partial charge in [0.2, 0.25) is 0 Å². The summed E-state index contributed by atoms with van der Waals surface area (Å²) >= 11 is 0. The Morgan fingerprint density at radius 3 is 2.52 bits per heavy atom. The van der Waals surface area contributed by atoms with Gasteiger partial charge in [0.1, 0.15) is 5.82 Å². The minimum atomic E-state index is 0. The largest absolute Gasteiger partial charge is 0.330 e. The molecule has 0 atom stereocenters. The summed E-state index contributed by atoms with van der Waals surface area (Å²) < 4.78 is 2.25. The molecular weight excluding hydrogens is 410 g/mol. The molecule has 0 bridgehead atoms. The molecule has 0 saturated heterocycles. The average molecular weight is 438 g/mol. The highest BCUT2D eigenvalue weighted by molar-refractivity contribution is 5.85. The van der Waals surface area contributed by atoms with E-state index in [4.69, 9.17) is 10.7 Å². The lowest BCUT2D eigenvalue weighted by atomic mass is 9.98. The molecule has 0 aliphatic heterocycles.